The molecule has 1 unspecified atom stereocenters. The standard InChI is InChI=1S/C14H28N2/c1-11(2)8-16-10-13(3,4)15-9-14(16,5)12-6-7-12/h11-12,15H,6-10H2,1-5H3. The van der Waals surface area contributed by atoms with Crippen LogP contribution in [-0.4, -0.2) is 35.6 Å². The summed E-state index contributed by atoms with van der Waals surface area (Å²) in [4.78, 5) is 2.76. The zero-order valence-electron chi connectivity index (χ0n) is 11.6. The van der Waals surface area contributed by atoms with Crippen molar-refractivity contribution in [1.82, 2.24) is 10.2 Å². The van der Waals surface area contributed by atoms with E-state index in [1.807, 2.05) is 0 Å². The van der Waals surface area contributed by atoms with Crippen LogP contribution in [0.2, 0.25) is 0 Å². The Kier molecular flexibility index (Phi) is 3.09. The van der Waals surface area contributed by atoms with Crippen molar-refractivity contribution in [3.8, 4) is 0 Å². The molecule has 0 aromatic rings. The minimum atomic E-state index is 0.281. The molecule has 1 aliphatic carbocycles. The van der Waals surface area contributed by atoms with Gasteiger partial charge in [-0.2, -0.15) is 0 Å². The van der Waals surface area contributed by atoms with Crippen LogP contribution in [-0.2, 0) is 0 Å². The van der Waals surface area contributed by atoms with Crippen LogP contribution in [0.4, 0.5) is 0 Å². The highest BCUT2D eigenvalue weighted by molar-refractivity contribution is 5.07. The maximum absolute atomic E-state index is 3.73. The van der Waals surface area contributed by atoms with Crippen LogP contribution in [0.3, 0.4) is 0 Å². The first kappa shape index (κ1) is 12.4. The summed E-state index contributed by atoms with van der Waals surface area (Å²) in [5.41, 5.74) is 0.698. The second-order valence-corrected chi connectivity index (χ2v) is 7.14. The zero-order valence-corrected chi connectivity index (χ0v) is 11.6. The number of piperazine rings is 1. The fourth-order valence-electron chi connectivity index (χ4n) is 3.07. The lowest BCUT2D eigenvalue weighted by atomic mass is 9.85. The quantitative estimate of drug-likeness (QED) is 0.792. The van der Waals surface area contributed by atoms with Crippen molar-refractivity contribution >= 4 is 0 Å². The van der Waals surface area contributed by atoms with Crippen LogP contribution in [0.15, 0.2) is 0 Å². The third-order valence-corrected chi connectivity index (χ3v) is 4.28. The summed E-state index contributed by atoms with van der Waals surface area (Å²) in [5.74, 6) is 1.71. The highest BCUT2D eigenvalue weighted by Crippen LogP contribution is 2.44. The molecule has 2 rings (SSSR count). The smallest absolute Gasteiger partial charge is 0.0334 e. The molecule has 2 aliphatic rings. The molecule has 1 heterocycles. The second kappa shape index (κ2) is 3.99. The molecule has 0 aromatic carbocycles. The Morgan fingerprint density at radius 1 is 1.25 bits per heavy atom. The summed E-state index contributed by atoms with van der Waals surface area (Å²) in [6.45, 7) is 15.4. The van der Waals surface area contributed by atoms with E-state index >= 15 is 0 Å². The van der Waals surface area contributed by atoms with Crippen LogP contribution in [0.25, 0.3) is 0 Å². The van der Waals surface area contributed by atoms with Crippen molar-refractivity contribution in [2.45, 2.75) is 58.5 Å². The molecule has 0 aromatic heterocycles. The highest BCUT2D eigenvalue weighted by atomic mass is 15.3. The average Bonchev–Trinajstić information content (AvgIpc) is 2.93. The van der Waals surface area contributed by atoms with Crippen molar-refractivity contribution in [1.29, 1.82) is 0 Å². The topological polar surface area (TPSA) is 15.3 Å². The maximum Gasteiger partial charge on any atom is 0.0334 e. The fourth-order valence-corrected chi connectivity index (χ4v) is 3.07. The maximum atomic E-state index is 3.73. The van der Waals surface area contributed by atoms with E-state index in [1.165, 1.54) is 25.9 Å². The summed E-state index contributed by atoms with van der Waals surface area (Å²) in [6.07, 6.45) is 2.88. The summed E-state index contributed by atoms with van der Waals surface area (Å²) < 4.78 is 0. The van der Waals surface area contributed by atoms with Crippen LogP contribution >= 0.6 is 0 Å². The largest absolute Gasteiger partial charge is 0.309 e. The fraction of sp³-hybridized carbons (Fsp3) is 1.00. The van der Waals surface area contributed by atoms with Gasteiger partial charge in [0, 0.05) is 30.7 Å². The molecule has 16 heavy (non-hydrogen) atoms. The van der Waals surface area contributed by atoms with Crippen LogP contribution in [0.1, 0.15) is 47.5 Å². The van der Waals surface area contributed by atoms with Crippen molar-refractivity contribution in [3.63, 3.8) is 0 Å². The van der Waals surface area contributed by atoms with Gasteiger partial charge in [0.05, 0.1) is 0 Å². The molecule has 0 radical (unpaired) electrons. The van der Waals surface area contributed by atoms with Crippen molar-refractivity contribution < 1.29 is 0 Å². The number of hydrogen-bond donors (Lipinski definition) is 1. The molecular weight excluding hydrogens is 196 g/mol. The van der Waals surface area contributed by atoms with Gasteiger partial charge >= 0.3 is 0 Å². The van der Waals surface area contributed by atoms with E-state index in [1.54, 1.807) is 0 Å². The minimum Gasteiger partial charge on any atom is -0.309 e. The first-order chi connectivity index (χ1) is 7.33. The van der Waals surface area contributed by atoms with Gasteiger partial charge in [0.15, 0.2) is 0 Å². The normalized spacial score (nSPS) is 35.6. The van der Waals surface area contributed by atoms with E-state index in [-0.39, 0.29) is 5.54 Å². The van der Waals surface area contributed by atoms with Gasteiger partial charge in [-0.25, -0.2) is 0 Å². The van der Waals surface area contributed by atoms with Gasteiger partial charge in [-0.05, 0) is 45.4 Å². The molecule has 1 aliphatic heterocycles. The number of nitrogens with zero attached hydrogens (tertiary/aromatic N) is 1. The molecule has 94 valence electrons. The van der Waals surface area contributed by atoms with Crippen molar-refractivity contribution in [3.05, 3.63) is 0 Å². The van der Waals surface area contributed by atoms with Crippen LogP contribution in [0.5, 0.6) is 0 Å². The Balaban J connectivity index is 2.11. The molecule has 1 saturated heterocycles. The molecule has 0 bridgehead atoms. The summed E-state index contributed by atoms with van der Waals surface area (Å²) in [7, 11) is 0. The number of rotatable bonds is 3. The lowest BCUT2D eigenvalue weighted by molar-refractivity contribution is 0.00369. The summed E-state index contributed by atoms with van der Waals surface area (Å²) >= 11 is 0. The Labute approximate surface area is 101 Å². The summed E-state index contributed by atoms with van der Waals surface area (Å²) in [5, 5.41) is 3.73. The van der Waals surface area contributed by atoms with Gasteiger partial charge in [0.1, 0.15) is 0 Å². The Morgan fingerprint density at radius 2 is 1.88 bits per heavy atom. The number of hydrogen-bond acceptors (Lipinski definition) is 2. The molecule has 2 nitrogen and oxygen atoms in total. The Bertz CT molecular complexity index is 255. The van der Waals surface area contributed by atoms with Gasteiger partial charge in [-0.3, -0.25) is 4.90 Å². The Hall–Kier alpha value is -0.0800. The average molecular weight is 224 g/mol. The first-order valence-electron chi connectivity index (χ1n) is 6.83. The lowest BCUT2D eigenvalue weighted by Crippen LogP contribution is -2.68. The van der Waals surface area contributed by atoms with Crippen molar-refractivity contribution in [2.75, 3.05) is 19.6 Å². The van der Waals surface area contributed by atoms with E-state index in [2.05, 4.69) is 44.8 Å². The van der Waals surface area contributed by atoms with Crippen LogP contribution < -0.4 is 5.32 Å². The van der Waals surface area contributed by atoms with Crippen LogP contribution in [0, 0.1) is 11.8 Å². The van der Waals surface area contributed by atoms with E-state index in [9.17, 15) is 0 Å². The zero-order chi connectivity index (χ0) is 12.0. The molecule has 1 saturated carbocycles. The number of nitrogens with one attached hydrogen (secondary N) is 1. The molecule has 0 spiro atoms. The highest BCUT2D eigenvalue weighted by Gasteiger charge is 2.49. The molecule has 2 heteroatoms. The third kappa shape index (κ3) is 2.43. The van der Waals surface area contributed by atoms with Crippen molar-refractivity contribution in [2.24, 2.45) is 11.8 Å². The third-order valence-electron chi connectivity index (χ3n) is 4.28. The van der Waals surface area contributed by atoms with Gasteiger partial charge in [-0.15, -0.1) is 0 Å². The molecule has 1 N–H and O–H groups in total. The Morgan fingerprint density at radius 3 is 2.38 bits per heavy atom. The van der Waals surface area contributed by atoms with Gasteiger partial charge in [0.2, 0.25) is 0 Å². The predicted molar refractivity (Wildman–Crippen MR) is 69.6 cm³/mol. The minimum absolute atomic E-state index is 0.281. The molecule has 2 fully saturated rings. The molecule has 1 atom stereocenters. The van der Waals surface area contributed by atoms with Gasteiger partial charge in [-0.1, -0.05) is 13.8 Å². The van der Waals surface area contributed by atoms with E-state index in [4.69, 9.17) is 0 Å². The van der Waals surface area contributed by atoms with E-state index < -0.39 is 0 Å². The van der Waals surface area contributed by atoms with Gasteiger partial charge in [0.25, 0.3) is 0 Å². The SMILES string of the molecule is CC(C)CN1CC(C)(C)NCC1(C)C1CC1. The monoisotopic (exact) mass is 224 g/mol. The van der Waals surface area contributed by atoms with E-state index in [0.717, 1.165) is 18.4 Å². The van der Waals surface area contributed by atoms with E-state index in [0.29, 0.717) is 5.54 Å². The molecule has 0 amide bonds. The summed E-state index contributed by atoms with van der Waals surface area (Å²) in [6, 6.07) is 0. The lowest BCUT2D eigenvalue weighted by Gasteiger charge is -2.52. The first-order valence-corrected chi connectivity index (χ1v) is 6.83. The second-order valence-electron chi connectivity index (χ2n) is 7.14. The van der Waals surface area contributed by atoms with Gasteiger partial charge < -0.3 is 5.32 Å². The molecular formula is C14H28N2. The predicted octanol–water partition coefficient (Wildman–Crippen LogP) is 2.49.